The van der Waals surface area contributed by atoms with E-state index in [1.54, 1.807) is 15.9 Å². The minimum atomic E-state index is 0.821. The van der Waals surface area contributed by atoms with Gasteiger partial charge >= 0.3 is 0 Å². The van der Waals surface area contributed by atoms with Gasteiger partial charge in [-0.25, -0.2) is 4.57 Å². The van der Waals surface area contributed by atoms with Gasteiger partial charge in [-0.3, -0.25) is 0 Å². The lowest BCUT2D eigenvalue weighted by Gasteiger charge is -1.94. The van der Waals surface area contributed by atoms with Crippen LogP contribution in [0.2, 0.25) is 0 Å². The minimum absolute atomic E-state index is 0.821. The van der Waals surface area contributed by atoms with Gasteiger partial charge in [-0.15, -0.1) is 10.2 Å². The Bertz CT molecular complexity index is 652. The first-order valence-corrected chi connectivity index (χ1v) is 6.28. The van der Waals surface area contributed by atoms with Gasteiger partial charge in [0.15, 0.2) is 18.2 Å². The number of aromatic nitrogens is 5. The minimum Gasteiger partial charge on any atom is -0.205 e. The molecular formula is C11H12N5S+. The number of aryl methyl sites for hydroxylation is 2. The maximum Gasteiger partial charge on any atom is 0.234 e. The van der Waals surface area contributed by atoms with Gasteiger partial charge in [-0.1, -0.05) is 11.3 Å². The van der Waals surface area contributed by atoms with Gasteiger partial charge in [-0.05, 0) is 13.8 Å². The second-order valence-corrected chi connectivity index (χ2v) is 4.72. The smallest absolute Gasteiger partial charge is 0.205 e. The molecule has 0 amide bonds. The van der Waals surface area contributed by atoms with Crippen LogP contribution in [0.15, 0.2) is 24.5 Å². The molecule has 0 unspecified atom stereocenters. The molecular weight excluding hydrogens is 234 g/mol. The average Bonchev–Trinajstić information content (AvgIpc) is 2.92. The predicted molar refractivity (Wildman–Crippen MR) is 64.7 cm³/mol. The fourth-order valence-corrected chi connectivity index (χ4v) is 2.53. The molecule has 0 aromatic carbocycles. The van der Waals surface area contributed by atoms with E-state index in [2.05, 4.69) is 51.3 Å². The van der Waals surface area contributed by atoms with Gasteiger partial charge in [0.25, 0.3) is 0 Å². The fourth-order valence-electron chi connectivity index (χ4n) is 1.64. The van der Waals surface area contributed by atoms with Crippen LogP contribution in [0.5, 0.6) is 0 Å². The largest absolute Gasteiger partial charge is 0.234 e. The van der Waals surface area contributed by atoms with Crippen molar-refractivity contribution in [1.82, 2.24) is 19.8 Å². The second kappa shape index (κ2) is 3.89. The second-order valence-electron chi connectivity index (χ2n) is 3.77. The van der Waals surface area contributed by atoms with Gasteiger partial charge < -0.3 is 0 Å². The molecule has 0 saturated heterocycles. The molecule has 0 atom stereocenters. The van der Waals surface area contributed by atoms with E-state index in [9.17, 15) is 0 Å². The van der Waals surface area contributed by atoms with Gasteiger partial charge in [-0.2, -0.15) is 9.61 Å². The highest BCUT2D eigenvalue weighted by Gasteiger charge is 2.11. The van der Waals surface area contributed by atoms with Crippen molar-refractivity contribution in [3.63, 3.8) is 0 Å². The van der Waals surface area contributed by atoms with Crippen molar-refractivity contribution in [1.29, 1.82) is 0 Å². The third-order valence-electron chi connectivity index (χ3n) is 2.65. The number of rotatable bonds is 2. The van der Waals surface area contributed by atoms with E-state index in [4.69, 9.17) is 0 Å². The van der Waals surface area contributed by atoms with Crippen LogP contribution in [0.3, 0.4) is 0 Å². The molecule has 3 aromatic rings. The van der Waals surface area contributed by atoms with E-state index in [0.29, 0.717) is 0 Å². The zero-order valence-electron chi connectivity index (χ0n) is 9.66. The summed E-state index contributed by atoms with van der Waals surface area (Å²) in [7, 11) is 0. The molecule has 3 rings (SSSR count). The van der Waals surface area contributed by atoms with Crippen LogP contribution in [0.4, 0.5) is 0 Å². The molecule has 0 N–H and O–H groups in total. The number of pyridine rings is 1. The summed E-state index contributed by atoms with van der Waals surface area (Å²) >= 11 is 1.55. The molecule has 0 radical (unpaired) electrons. The molecule has 5 nitrogen and oxygen atoms in total. The molecule has 0 aliphatic carbocycles. The Morgan fingerprint density at radius 2 is 2.06 bits per heavy atom. The number of hydrogen-bond acceptors (Lipinski definition) is 4. The molecule has 0 fully saturated rings. The fraction of sp³-hybridized carbons (Fsp3) is 0.273. The highest BCUT2D eigenvalue weighted by Crippen LogP contribution is 2.24. The van der Waals surface area contributed by atoms with Crippen LogP contribution >= 0.6 is 11.3 Å². The quantitative estimate of drug-likeness (QED) is 0.643. The summed E-state index contributed by atoms with van der Waals surface area (Å²) in [4.78, 5) is 0.838. The first-order chi connectivity index (χ1) is 8.28. The summed E-state index contributed by atoms with van der Waals surface area (Å²) in [6.07, 6.45) is 4.12. The summed E-state index contributed by atoms with van der Waals surface area (Å²) in [5.41, 5.74) is 1.12. The summed E-state index contributed by atoms with van der Waals surface area (Å²) < 4.78 is 3.90. The van der Waals surface area contributed by atoms with Crippen LogP contribution in [0.1, 0.15) is 12.7 Å². The van der Waals surface area contributed by atoms with Gasteiger partial charge in [0.2, 0.25) is 4.96 Å². The highest BCUT2D eigenvalue weighted by atomic mass is 32.1. The maximum absolute atomic E-state index is 4.50. The van der Waals surface area contributed by atoms with Crippen molar-refractivity contribution in [2.45, 2.75) is 20.4 Å². The van der Waals surface area contributed by atoms with E-state index in [0.717, 1.165) is 27.9 Å². The molecule has 0 bridgehead atoms. The SMILES string of the molecule is CC[n+]1ccc(-c2nn3c(C)nnc3s2)cc1. The molecule has 86 valence electrons. The average molecular weight is 246 g/mol. The van der Waals surface area contributed by atoms with Crippen LogP contribution in [0.25, 0.3) is 15.5 Å². The Labute approximate surface area is 102 Å². The van der Waals surface area contributed by atoms with Gasteiger partial charge in [0, 0.05) is 17.7 Å². The van der Waals surface area contributed by atoms with Crippen molar-refractivity contribution < 1.29 is 4.57 Å². The summed E-state index contributed by atoms with van der Waals surface area (Å²) in [5.74, 6) is 0.821. The van der Waals surface area contributed by atoms with Crippen LogP contribution in [0, 0.1) is 6.92 Å². The Morgan fingerprint density at radius 3 is 2.71 bits per heavy atom. The van der Waals surface area contributed by atoms with E-state index in [1.165, 1.54) is 0 Å². The monoisotopic (exact) mass is 246 g/mol. The lowest BCUT2D eigenvalue weighted by atomic mass is 10.3. The standard InChI is InChI=1S/C11H12N5S/c1-3-15-6-4-9(5-7-15)10-14-16-8(2)12-13-11(16)17-10/h4-7H,3H2,1-2H3/q+1. The number of hydrogen-bond donors (Lipinski definition) is 0. The molecule has 3 heterocycles. The normalized spacial score (nSPS) is 11.2. The third-order valence-corrected chi connectivity index (χ3v) is 3.60. The summed E-state index contributed by atoms with van der Waals surface area (Å²) in [6.45, 7) is 5.00. The number of nitrogens with zero attached hydrogens (tertiary/aromatic N) is 5. The highest BCUT2D eigenvalue weighted by molar-refractivity contribution is 7.19. The van der Waals surface area contributed by atoms with Gasteiger partial charge in [0.1, 0.15) is 11.6 Å². The van der Waals surface area contributed by atoms with Crippen molar-refractivity contribution >= 4 is 16.3 Å². The maximum atomic E-state index is 4.50. The van der Waals surface area contributed by atoms with E-state index >= 15 is 0 Å². The number of fused-ring (bicyclic) bond motifs is 1. The topological polar surface area (TPSA) is 47.0 Å². The zero-order chi connectivity index (χ0) is 11.8. The van der Waals surface area contributed by atoms with Crippen molar-refractivity contribution in [2.24, 2.45) is 0 Å². The summed E-state index contributed by atoms with van der Waals surface area (Å²) in [5, 5.41) is 13.5. The first-order valence-electron chi connectivity index (χ1n) is 5.46. The van der Waals surface area contributed by atoms with Crippen LogP contribution < -0.4 is 4.57 Å². The third kappa shape index (κ3) is 1.70. The molecule has 3 aromatic heterocycles. The predicted octanol–water partition coefficient (Wildman–Crippen LogP) is 1.47. The van der Waals surface area contributed by atoms with E-state index in [1.807, 2.05) is 6.92 Å². The van der Waals surface area contributed by atoms with Crippen LogP contribution in [-0.4, -0.2) is 19.8 Å². The first kappa shape index (κ1) is 10.3. The molecule has 0 saturated carbocycles. The Hall–Kier alpha value is -1.82. The lowest BCUT2D eigenvalue weighted by molar-refractivity contribution is -0.693. The molecule has 0 aliphatic rings. The van der Waals surface area contributed by atoms with Crippen molar-refractivity contribution in [2.75, 3.05) is 0 Å². The van der Waals surface area contributed by atoms with E-state index in [-0.39, 0.29) is 0 Å². The summed E-state index contributed by atoms with van der Waals surface area (Å²) in [6, 6.07) is 4.15. The zero-order valence-corrected chi connectivity index (χ0v) is 10.5. The molecule has 17 heavy (non-hydrogen) atoms. The van der Waals surface area contributed by atoms with Crippen molar-refractivity contribution in [3.8, 4) is 10.6 Å². The Balaban J connectivity index is 2.07. The Morgan fingerprint density at radius 1 is 1.29 bits per heavy atom. The van der Waals surface area contributed by atoms with Crippen LogP contribution in [-0.2, 0) is 6.54 Å². The molecule has 0 spiro atoms. The van der Waals surface area contributed by atoms with Crippen molar-refractivity contribution in [3.05, 3.63) is 30.4 Å². The molecule has 0 aliphatic heterocycles. The lowest BCUT2D eigenvalue weighted by Crippen LogP contribution is -2.30. The Kier molecular flexibility index (Phi) is 2.36. The van der Waals surface area contributed by atoms with E-state index < -0.39 is 0 Å². The molecule has 6 heteroatoms. The van der Waals surface area contributed by atoms with Gasteiger partial charge in [0.05, 0.1) is 0 Å².